The molecule has 9 heteroatoms. The van der Waals surface area contributed by atoms with Gasteiger partial charge in [0.15, 0.2) is 0 Å². The second-order valence-electron chi connectivity index (χ2n) is 5.36. The minimum absolute atomic E-state index is 0. The van der Waals surface area contributed by atoms with Gasteiger partial charge in [0.1, 0.15) is 6.04 Å². The summed E-state index contributed by atoms with van der Waals surface area (Å²) in [5.41, 5.74) is 0. The van der Waals surface area contributed by atoms with Crippen LogP contribution in [0.4, 0.5) is 13.2 Å². The number of carboxylic acid groups (broad SMARTS) is 1. The van der Waals surface area contributed by atoms with E-state index in [2.05, 4.69) is 0 Å². The molecule has 21 heavy (non-hydrogen) atoms. The molecule has 0 amide bonds. The lowest BCUT2D eigenvalue weighted by Gasteiger charge is -2.38. The second kappa shape index (κ2) is 8.41. The Morgan fingerprint density at radius 1 is 1.10 bits per heavy atom. The Kier molecular flexibility index (Phi) is 8.31. The van der Waals surface area contributed by atoms with Gasteiger partial charge in [-0.2, -0.15) is 13.2 Å². The molecular formula is C12H21Cl2F3N2O2. The Balaban J connectivity index is 0.00000200. The molecule has 2 fully saturated rings. The number of carboxylic acids is 1. The normalized spacial score (nSPS) is 25.2. The van der Waals surface area contributed by atoms with Crippen molar-refractivity contribution in [2.24, 2.45) is 0 Å². The molecule has 126 valence electrons. The van der Waals surface area contributed by atoms with E-state index in [1.807, 2.05) is 4.90 Å². The number of carbonyl (C=O) groups is 1. The zero-order chi connectivity index (χ0) is 14.0. The highest BCUT2D eigenvalue weighted by molar-refractivity contribution is 5.85. The van der Waals surface area contributed by atoms with Gasteiger partial charge in [0.05, 0.1) is 6.54 Å². The maximum Gasteiger partial charge on any atom is 0.401 e. The minimum Gasteiger partial charge on any atom is -0.480 e. The molecular weight excluding hydrogens is 332 g/mol. The van der Waals surface area contributed by atoms with E-state index in [4.69, 9.17) is 5.11 Å². The third-order valence-corrected chi connectivity index (χ3v) is 4.01. The molecule has 2 aliphatic heterocycles. The lowest BCUT2D eigenvalue weighted by molar-refractivity contribution is -0.150. The van der Waals surface area contributed by atoms with Gasteiger partial charge in [0.25, 0.3) is 0 Å². The molecule has 1 unspecified atom stereocenters. The van der Waals surface area contributed by atoms with Crippen molar-refractivity contribution in [3.63, 3.8) is 0 Å². The fourth-order valence-electron chi connectivity index (χ4n) is 3.15. The van der Waals surface area contributed by atoms with Crippen molar-refractivity contribution in [2.75, 3.05) is 26.2 Å². The number of aliphatic carboxylic acids is 1. The highest BCUT2D eigenvalue weighted by atomic mass is 35.5. The maximum absolute atomic E-state index is 12.3. The van der Waals surface area contributed by atoms with E-state index in [1.54, 1.807) is 0 Å². The number of piperidine rings is 1. The van der Waals surface area contributed by atoms with Crippen molar-refractivity contribution < 1.29 is 23.1 Å². The summed E-state index contributed by atoms with van der Waals surface area (Å²) in [5.74, 6) is -0.810. The van der Waals surface area contributed by atoms with E-state index in [9.17, 15) is 18.0 Å². The smallest absolute Gasteiger partial charge is 0.401 e. The fourth-order valence-corrected chi connectivity index (χ4v) is 3.15. The average Bonchev–Trinajstić information content (AvgIpc) is 2.76. The number of halogens is 5. The van der Waals surface area contributed by atoms with Crippen LogP contribution in [0.5, 0.6) is 0 Å². The highest BCUT2D eigenvalue weighted by Gasteiger charge is 2.38. The summed E-state index contributed by atoms with van der Waals surface area (Å²) in [6.45, 7) is 0.684. The molecule has 2 heterocycles. The second-order valence-corrected chi connectivity index (χ2v) is 5.36. The van der Waals surface area contributed by atoms with Crippen LogP contribution in [0, 0.1) is 0 Å². The van der Waals surface area contributed by atoms with Crippen molar-refractivity contribution in [3.8, 4) is 0 Å². The van der Waals surface area contributed by atoms with Crippen molar-refractivity contribution in [1.29, 1.82) is 0 Å². The average molecular weight is 353 g/mol. The standard InChI is InChI=1S/C12H19F3N2O2.2ClH/c13-12(14,15)8-16-6-3-9(4-7-16)17-5-1-2-10(17)11(18)19;;/h9-10H,1-8H2,(H,18,19);2*1H. The summed E-state index contributed by atoms with van der Waals surface area (Å²) in [4.78, 5) is 14.5. The molecule has 1 atom stereocenters. The molecule has 0 aliphatic carbocycles. The van der Waals surface area contributed by atoms with Gasteiger partial charge >= 0.3 is 12.1 Å². The molecule has 1 N–H and O–H groups in total. The van der Waals surface area contributed by atoms with Gasteiger partial charge < -0.3 is 5.11 Å². The van der Waals surface area contributed by atoms with Gasteiger partial charge in [-0.1, -0.05) is 0 Å². The van der Waals surface area contributed by atoms with Crippen molar-refractivity contribution in [2.45, 2.75) is 43.9 Å². The number of hydrogen-bond acceptors (Lipinski definition) is 3. The van der Waals surface area contributed by atoms with Crippen molar-refractivity contribution >= 4 is 30.8 Å². The van der Waals surface area contributed by atoms with E-state index in [0.29, 0.717) is 32.4 Å². The SMILES string of the molecule is Cl.Cl.O=C(O)C1CCCN1C1CCN(CC(F)(F)F)CC1. The Morgan fingerprint density at radius 3 is 2.14 bits per heavy atom. The number of likely N-dealkylation sites (tertiary alicyclic amines) is 2. The lowest BCUT2D eigenvalue weighted by atomic mass is 10.0. The van der Waals surface area contributed by atoms with E-state index in [-0.39, 0.29) is 30.9 Å². The summed E-state index contributed by atoms with van der Waals surface area (Å²) >= 11 is 0. The predicted octanol–water partition coefficient (Wildman–Crippen LogP) is 2.41. The van der Waals surface area contributed by atoms with Gasteiger partial charge in [-0.3, -0.25) is 14.6 Å². The zero-order valence-corrected chi connectivity index (χ0v) is 13.1. The Labute approximate surface area is 134 Å². The van der Waals surface area contributed by atoms with Crippen LogP contribution in [0.1, 0.15) is 25.7 Å². The lowest BCUT2D eigenvalue weighted by Crippen LogP contribution is -2.50. The van der Waals surface area contributed by atoms with Crippen molar-refractivity contribution in [3.05, 3.63) is 0 Å². The van der Waals surface area contributed by atoms with Gasteiger partial charge in [0.2, 0.25) is 0 Å². The molecule has 2 rings (SSSR count). The molecule has 0 bridgehead atoms. The Bertz CT molecular complexity index is 337. The van der Waals surface area contributed by atoms with Crippen LogP contribution in [0.15, 0.2) is 0 Å². The summed E-state index contributed by atoms with van der Waals surface area (Å²) in [6.07, 6.45) is -1.39. The van der Waals surface area contributed by atoms with Crippen LogP contribution in [0.2, 0.25) is 0 Å². The molecule has 0 aromatic carbocycles. The minimum atomic E-state index is -4.15. The molecule has 0 radical (unpaired) electrons. The third kappa shape index (κ3) is 5.81. The van der Waals surface area contributed by atoms with Crippen LogP contribution in [-0.4, -0.2) is 65.3 Å². The topological polar surface area (TPSA) is 43.8 Å². The maximum atomic E-state index is 12.3. The van der Waals surface area contributed by atoms with E-state index >= 15 is 0 Å². The van der Waals surface area contributed by atoms with E-state index in [1.165, 1.54) is 4.90 Å². The van der Waals surface area contributed by atoms with Crippen LogP contribution in [-0.2, 0) is 4.79 Å². The zero-order valence-electron chi connectivity index (χ0n) is 11.5. The molecule has 2 aliphatic rings. The summed E-state index contributed by atoms with van der Waals surface area (Å²) in [7, 11) is 0. The van der Waals surface area contributed by atoms with Gasteiger partial charge in [-0.15, -0.1) is 24.8 Å². The quantitative estimate of drug-likeness (QED) is 0.846. The van der Waals surface area contributed by atoms with Crippen LogP contribution in [0.3, 0.4) is 0 Å². The van der Waals surface area contributed by atoms with Gasteiger partial charge in [-0.05, 0) is 45.3 Å². The summed E-state index contributed by atoms with van der Waals surface area (Å²) in [5, 5.41) is 9.12. The number of nitrogens with zero attached hydrogens (tertiary/aromatic N) is 2. The van der Waals surface area contributed by atoms with Crippen LogP contribution >= 0.6 is 24.8 Å². The molecule has 4 nitrogen and oxygen atoms in total. The predicted molar refractivity (Wildman–Crippen MR) is 77.4 cm³/mol. The van der Waals surface area contributed by atoms with E-state index < -0.39 is 24.7 Å². The van der Waals surface area contributed by atoms with Gasteiger partial charge in [-0.25, -0.2) is 0 Å². The Morgan fingerprint density at radius 2 is 1.67 bits per heavy atom. The first kappa shape index (κ1) is 20.8. The summed E-state index contributed by atoms with van der Waals surface area (Å²) < 4.78 is 36.8. The molecule has 0 aromatic rings. The van der Waals surface area contributed by atoms with Crippen molar-refractivity contribution in [1.82, 2.24) is 9.80 Å². The fraction of sp³-hybridized carbons (Fsp3) is 0.917. The first-order chi connectivity index (χ1) is 8.87. The van der Waals surface area contributed by atoms with Crippen LogP contribution in [0.25, 0.3) is 0 Å². The largest absolute Gasteiger partial charge is 0.480 e. The number of hydrogen-bond donors (Lipinski definition) is 1. The first-order valence-corrected chi connectivity index (χ1v) is 6.64. The molecule has 0 saturated carbocycles. The third-order valence-electron chi connectivity index (χ3n) is 4.01. The molecule has 0 spiro atoms. The number of alkyl halides is 3. The number of rotatable bonds is 3. The molecule has 0 aromatic heterocycles. The molecule has 2 saturated heterocycles. The van der Waals surface area contributed by atoms with Crippen LogP contribution < -0.4 is 0 Å². The summed E-state index contributed by atoms with van der Waals surface area (Å²) in [6, 6.07) is -0.327. The Hall–Kier alpha value is -0.240. The van der Waals surface area contributed by atoms with E-state index in [0.717, 1.165) is 13.0 Å². The monoisotopic (exact) mass is 352 g/mol. The van der Waals surface area contributed by atoms with Gasteiger partial charge in [0, 0.05) is 6.04 Å². The first-order valence-electron chi connectivity index (χ1n) is 6.64. The highest BCUT2D eigenvalue weighted by Crippen LogP contribution is 2.27.